The average Bonchev–Trinajstić information content (AvgIpc) is 2.35. The van der Waals surface area contributed by atoms with Gasteiger partial charge in [0.15, 0.2) is 0 Å². The first-order valence-corrected chi connectivity index (χ1v) is 6.98. The van der Waals surface area contributed by atoms with Gasteiger partial charge in [-0.1, -0.05) is 51.9 Å². The normalized spacial score (nSPS) is 12.4. The van der Waals surface area contributed by atoms with Gasteiger partial charge in [-0.05, 0) is 13.5 Å². The number of rotatable bonds is 11. The summed E-state index contributed by atoms with van der Waals surface area (Å²) in [4.78, 5) is 11.1. The summed E-state index contributed by atoms with van der Waals surface area (Å²) in [5, 5.41) is 3.18. The predicted octanol–water partition coefficient (Wildman–Crippen LogP) is 3.28. The van der Waals surface area contributed by atoms with Gasteiger partial charge in [0.2, 0.25) is 0 Å². The molecule has 0 heterocycles. The van der Waals surface area contributed by atoms with Crippen molar-refractivity contribution in [3.8, 4) is 0 Å². The summed E-state index contributed by atoms with van der Waals surface area (Å²) in [6.45, 7) is 2.24. The quantitative estimate of drug-likeness (QED) is 0.447. The highest BCUT2D eigenvalue weighted by atomic mass is 16.5. The molecule has 102 valence electrons. The Morgan fingerprint density at radius 1 is 1.12 bits per heavy atom. The molecule has 0 aliphatic heterocycles. The molecule has 0 saturated carbocycles. The highest BCUT2D eigenvalue weighted by Gasteiger charge is 2.11. The summed E-state index contributed by atoms with van der Waals surface area (Å²) in [6, 6.07) is 0.276. The van der Waals surface area contributed by atoms with Crippen molar-refractivity contribution in [2.75, 3.05) is 14.2 Å². The molecular formula is C14H29NO2. The zero-order chi connectivity index (χ0) is 12.9. The Labute approximate surface area is 106 Å². The van der Waals surface area contributed by atoms with E-state index in [2.05, 4.69) is 17.0 Å². The van der Waals surface area contributed by atoms with Crippen LogP contribution in [0, 0.1) is 0 Å². The van der Waals surface area contributed by atoms with Crippen molar-refractivity contribution < 1.29 is 9.53 Å². The predicted molar refractivity (Wildman–Crippen MR) is 72.1 cm³/mol. The van der Waals surface area contributed by atoms with Crippen LogP contribution >= 0.6 is 0 Å². The molecule has 0 aliphatic rings. The summed E-state index contributed by atoms with van der Waals surface area (Å²) < 4.78 is 4.68. The lowest BCUT2D eigenvalue weighted by Gasteiger charge is -2.14. The van der Waals surface area contributed by atoms with E-state index in [0.717, 1.165) is 6.42 Å². The second-order valence-electron chi connectivity index (χ2n) is 4.68. The SMILES string of the molecule is CCCCCCCCCC(CC(=O)OC)NC. The molecule has 0 aromatic rings. The van der Waals surface area contributed by atoms with Gasteiger partial charge in [-0.2, -0.15) is 0 Å². The molecule has 1 N–H and O–H groups in total. The monoisotopic (exact) mass is 243 g/mol. The van der Waals surface area contributed by atoms with Gasteiger partial charge in [0.1, 0.15) is 0 Å². The molecule has 3 nitrogen and oxygen atoms in total. The Kier molecular flexibility index (Phi) is 11.5. The molecule has 1 unspecified atom stereocenters. The van der Waals surface area contributed by atoms with Crippen LogP contribution in [-0.4, -0.2) is 26.2 Å². The average molecular weight is 243 g/mol. The van der Waals surface area contributed by atoms with Gasteiger partial charge in [-0.15, -0.1) is 0 Å². The fraction of sp³-hybridized carbons (Fsp3) is 0.929. The fourth-order valence-electron chi connectivity index (χ4n) is 1.98. The van der Waals surface area contributed by atoms with Crippen LogP contribution in [0.4, 0.5) is 0 Å². The zero-order valence-corrected chi connectivity index (χ0v) is 11.8. The summed E-state index contributed by atoms with van der Waals surface area (Å²) in [5.74, 6) is -0.118. The summed E-state index contributed by atoms with van der Waals surface area (Å²) in [7, 11) is 3.36. The van der Waals surface area contributed by atoms with Crippen molar-refractivity contribution in [2.45, 2.75) is 70.8 Å². The van der Waals surface area contributed by atoms with Crippen LogP contribution in [0.15, 0.2) is 0 Å². The number of ether oxygens (including phenoxy) is 1. The lowest BCUT2D eigenvalue weighted by Crippen LogP contribution is -2.28. The summed E-state index contributed by atoms with van der Waals surface area (Å²) >= 11 is 0. The topological polar surface area (TPSA) is 38.3 Å². The maximum Gasteiger partial charge on any atom is 0.307 e. The van der Waals surface area contributed by atoms with Crippen molar-refractivity contribution >= 4 is 5.97 Å². The number of carbonyl (C=O) groups excluding carboxylic acids is 1. The van der Waals surface area contributed by atoms with E-state index in [4.69, 9.17) is 0 Å². The molecule has 0 rings (SSSR count). The minimum Gasteiger partial charge on any atom is -0.469 e. The van der Waals surface area contributed by atoms with E-state index in [0.29, 0.717) is 6.42 Å². The second kappa shape index (κ2) is 11.9. The van der Waals surface area contributed by atoms with Crippen LogP contribution in [-0.2, 0) is 9.53 Å². The minimum atomic E-state index is -0.118. The standard InChI is InChI=1S/C14H29NO2/c1-4-5-6-7-8-9-10-11-13(15-2)12-14(16)17-3/h13,15H,4-12H2,1-3H3. The van der Waals surface area contributed by atoms with Crippen LogP contribution in [0.1, 0.15) is 64.7 Å². The van der Waals surface area contributed by atoms with Crippen LogP contribution in [0.3, 0.4) is 0 Å². The Hall–Kier alpha value is -0.570. The van der Waals surface area contributed by atoms with Crippen molar-refractivity contribution in [2.24, 2.45) is 0 Å². The Bertz CT molecular complexity index is 183. The van der Waals surface area contributed by atoms with E-state index in [-0.39, 0.29) is 12.0 Å². The highest BCUT2D eigenvalue weighted by molar-refractivity contribution is 5.69. The lowest BCUT2D eigenvalue weighted by molar-refractivity contribution is -0.141. The molecule has 0 aromatic heterocycles. The van der Waals surface area contributed by atoms with Crippen LogP contribution in [0.2, 0.25) is 0 Å². The molecule has 0 radical (unpaired) electrons. The van der Waals surface area contributed by atoms with Gasteiger partial charge >= 0.3 is 5.97 Å². The van der Waals surface area contributed by atoms with Gasteiger partial charge in [0.05, 0.1) is 13.5 Å². The highest BCUT2D eigenvalue weighted by Crippen LogP contribution is 2.11. The van der Waals surface area contributed by atoms with E-state index in [1.165, 1.54) is 52.1 Å². The molecule has 0 saturated heterocycles. The summed E-state index contributed by atoms with van der Waals surface area (Å²) in [6.07, 6.45) is 10.8. The van der Waals surface area contributed by atoms with Gasteiger partial charge < -0.3 is 10.1 Å². The smallest absolute Gasteiger partial charge is 0.307 e. The maximum absolute atomic E-state index is 11.1. The van der Waals surface area contributed by atoms with Crippen molar-refractivity contribution in [1.29, 1.82) is 0 Å². The molecule has 0 spiro atoms. The van der Waals surface area contributed by atoms with Gasteiger partial charge in [0.25, 0.3) is 0 Å². The van der Waals surface area contributed by atoms with Crippen LogP contribution in [0.5, 0.6) is 0 Å². The van der Waals surface area contributed by atoms with E-state index >= 15 is 0 Å². The van der Waals surface area contributed by atoms with Crippen LogP contribution in [0.25, 0.3) is 0 Å². The minimum absolute atomic E-state index is 0.118. The number of unbranched alkanes of at least 4 members (excludes halogenated alkanes) is 6. The van der Waals surface area contributed by atoms with Gasteiger partial charge in [0, 0.05) is 6.04 Å². The third-order valence-electron chi connectivity index (χ3n) is 3.21. The van der Waals surface area contributed by atoms with Crippen LogP contribution < -0.4 is 5.32 Å². The van der Waals surface area contributed by atoms with Gasteiger partial charge in [-0.3, -0.25) is 4.79 Å². The van der Waals surface area contributed by atoms with Crippen molar-refractivity contribution in [1.82, 2.24) is 5.32 Å². The van der Waals surface area contributed by atoms with Crippen molar-refractivity contribution in [3.05, 3.63) is 0 Å². The Morgan fingerprint density at radius 3 is 2.24 bits per heavy atom. The molecule has 0 fully saturated rings. The second-order valence-corrected chi connectivity index (χ2v) is 4.68. The number of methoxy groups -OCH3 is 1. The first-order chi connectivity index (χ1) is 8.24. The lowest BCUT2D eigenvalue weighted by atomic mass is 10.0. The number of hydrogen-bond acceptors (Lipinski definition) is 3. The van der Waals surface area contributed by atoms with E-state index in [1.807, 2.05) is 7.05 Å². The third-order valence-corrected chi connectivity index (χ3v) is 3.21. The largest absolute Gasteiger partial charge is 0.469 e. The van der Waals surface area contributed by atoms with E-state index in [9.17, 15) is 4.79 Å². The Balaban J connectivity index is 3.40. The van der Waals surface area contributed by atoms with E-state index in [1.54, 1.807) is 0 Å². The zero-order valence-electron chi connectivity index (χ0n) is 11.8. The molecule has 17 heavy (non-hydrogen) atoms. The van der Waals surface area contributed by atoms with Gasteiger partial charge in [-0.25, -0.2) is 0 Å². The molecular weight excluding hydrogens is 214 g/mol. The molecule has 0 amide bonds. The fourth-order valence-corrected chi connectivity index (χ4v) is 1.98. The maximum atomic E-state index is 11.1. The number of hydrogen-bond donors (Lipinski definition) is 1. The molecule has 1 atom stereocenters. The third kappa shape index (κ3) is 10.3. The summed E-state index contributed by atoms with van der Waals surface area (Å²) in [5.41, 5.74) is 0. The number of esters is 1. The first-order valence-electron chi connectivity index (χ1n) is 6.98. The molecule has 0 bridgehead atoms. The molecule has 0 aliphatic carbocycles. The van der Waals surface area contributed by atoms with E-state index < -0.39 is 0 Å². The Morgan fingerprint density at radius 2 is 1.71 bits per heavy atom. The molecule has 3 heteroatoms. The first kappa shape index (κ1) is 16.4. The number of nitrogens with one attached hydrogen (secondary N) is 1. The number of carbonyl (C=O) groups is 1. The van der Waals surface area contributed by atoms with Crippen molar-refractivity contribution in [3.63, 3.8) is 0 Å². The molecule has 0 aromatic carbocycles.